The zero-order valence-electron chi connectivity index (χ0n) is 14.7. The summed E-state index contributed by atoms with van der Waals surface area (Å²) in [5.41, 5.74) is 3.21. The average Bonchev–Trinajstić information content (AvgIpc) is 2.55. The molecule has 2 heterocycles. The van der Waals surface area contributed by atoms with Crippen molar-refractivity contribution >= 4 is 34.9 Å². The van der Waals surface area contributed by atoms with Crippen LogP contribution in [0.2, 0.25) is 0 Å². The van der Waals surface area contributed by atoms with E-state index in [9.17, 15) is 4.79 Å². The van der Waals surface area contributed by atoms with Crippen molar-refractivity contribution in [1.29, 1.82) is 0 Å². The highest BCUT2D eigenvalue weighted by molar-refractivity contribution is 8.04. The third kappa shape index (κ3) is 3.95. The normalized spacial score (nSPS) is 19.9. The van der Waals surface area contributed by atoms with Gasteiger partial charge in [-0.15, -0.1) is 0 Å². The molecule has 0 aromatic carbocycles. The van der Waals surface area contributed by atoms with Crippen LogP contribution in [0.4, 0.5) is 11.5 Å². The van der Waals surface area contributed by atoms with E-state index >= 15 is 0 Å². The van der Waals surface area contributed by atoms with E-state index < -0.39 is 5.97 Å². The van der Waals surface area contributed by atoms with Crippen molar-refractivity contribution in [2.45, 2.75) is 44.6 Å². The fraction of sp³-hybridized carbons (Fsp3) is 0.529. The number of aliphatic imine (C=N–C) groups is 1. The van der Waals surface area contributed by atoms with Crippen molar-refractivity contribution < 1.29 is 9.90 Å². The van der Waals surface area contributed by atoms with Crippen molar-refractivity contribution in [3.05, 3.63) is 16.9 Å². The number of thioether (sulfide) groups is 1. The first-order chi connectivity index (χ1) is 11.9. The highest BCUT2D eigenvalue weighted by Gasteiger charge is 2.35. The SMILES string of the molecule is CNc1ncnc2c1NC1=C(S2)C(=NCCCC(=O)O)CC(C)(C)C1. The van der Waals surface area contributed by atoms with Crippen molar-refractivity contribution in [2.24, 2.45) is 10.4 Å². The van der Waals surface area contributed by atoms with Crippen LogP contribution in [0.3, 0.4) is 0 Å². The molecule has 1 aliphatic heterocycles. The Bertz CT molecular complexity index is 757. The number of fused-ring (bicyclic) bond motifs is 1. The van der Waals surface area contributed by atoms with Crippen LogP contribution in [0.15, 0.2) is 26.9 Å². The molecule has 0 radical (unpaired) electrons. The Kier molecular flexibility index (Phi) is 4.99. The summed E-state index contributed by atoms with van der Waals surface area (Å²) >= 11 is 1.62. The number of hydrogen-bond donors (Lipinski definition) is 3. The van der Waals surface area contributed by atoms with Gasteiger partial charge in [-0.3, -0.25) is 9.79 Å². The van der Waals surface area contributed by atoms with E-state index in [0.717, 1.165) is 45.7 Å². The topological polar surface area (TPSA) is 99.5 Å². The third-order valence-electron chi connectivity index (χ3n) is 4.21. The molecule has 0 atom stereocenters. The standard InChI is InChI=1S/C17H23N5O2S/c1-17(2)7-10(19-6-4-5-12(23)24)14-11(8-17)22-13-15(18-3)20-9-21-16(13)25-14/h9,22H,4-8H2,1-3H3,(H,23,24)(H,18,20,21). The second-order valence-electron chi connectivity index (χ2n) is 7.03. The smallest absolute Gasteiger partial charge is 0.303 e. The molecule has 3 rings (SSSR count). The third-order valence-corrected chi connectivity index (χ3v) is 5.40. The van der Waals surface area contributed by atoms with E-state index in [0.29, 0.717) is 13.0 Å². The van der Waals surface area contributed by atoms with Crippen LogP contribution >= 0.6 is 11.8 Å². The lowest BCUT2D eigenvalue weighted by Crippen LogP contribution is -2.29. The maximum absolute atomic E-state index is 10.7. The molecule has 1 aromatic heterocycles. The van der Waals surface area contributed by atoms with E-state index in [1.807, 2.05) is 7.05 Å². The van der Waals surface area contributed by atoms with Crippen molar-refractivity contribution in [2.75, 3.05) is 24.2 Å². The van der Waals surface area contributed by atoms with Gasteiger partial charge in [-0.1, -0.05) is 25.6 Å². The van der Waals surface area contributed by atoms with Gasteiger partial charge in [0.25, 0.3) is 0 Å². The number of aromatic nitrogens is 2. The summed E-state index contributed by atoms with van der Waals surface area (Å²) in [6.07, 6.45) is 4.08. The molecule has 0 bridgehead atoms. The van der Waals surface area contributed by atoms with Gasteiger partial charge < -0.3 is 15.7 Å². The summed E-state index contributed by atoms with van der Waals surface area (Å²) in [4.78, 5) is 25.2. The monoisotopic (exact) mass is 361 g/mol. The Labute approximate surface area is 151 Å². The molecule has 134 valence electrons. The van der Waals surface area contributed by atoms with Gasteiger partial charge in [0.15, 0.2) is 5.82 Å². The summed E-state index contributed by atoms with van der Waals surface area (Å²) < 4.78 is 0. The molecule has 2 aliphatic rings. The average molecular weight is 361 g/mol. The van der Waals surface area contributed by atoms with Crippen molar-refractivity contribution in [1.82, 2.24) is 9.97 Å². The van der Waals surface area contributed by atoms with Gasteiger partial charge in [0, 0.05) is 25.7 Å². The van der Waals surface area contributed by atoms with Crippen molar-refractivity contribution in [3.8, 4) is 0 Å². The van der Waals surface area contributed by atoms with Crippen LogP contribution < -0.4 is 10.6 Å². The van der Waals surface area contributed by atoms with Gasteiger partial charge in [-0.2, -0.15) is 0 Å². The summed E-state index contributed by atoms with van der Waals surface area (Å²) in [7, 11) is 1.85. The van der Waals surface area contributed by atoms with Crippen LogP contribution in [-0.2, 0) is 4.79 Å². The number of nitrogens with one attached hydrogen (secondary N) is 2. The highest BCUT2D eigenvalue weighted by Crippen LogP contribution is 2.49. The summed E-state index contributed by atoms with van der Waals surface area (Å²) in [6, 6.07) is 0. The maximum atomic E-state index is 10.7. The molecule has 0 saturated heterocycles. The van der Waals surface area contributed by atoms with Gasteiger partial charge in [0.2, 0.25) is 0 Å². The maximum Gasteiger partial charge on any atom is 0.303 e. The summed E-state index contributed by atoms with van der Waals surface area (Å²) in [5.74, 6) is 0.00962. The Morgan fingerprint density at radius 2 is 2.24 bits per heavy atom. The molecule has 3 N–H and O–H groups in total. The second-order valence-corrected chi connectivity index (χ2v) is 8.03. The molecule has 25 heavy (non-hydrogen) atoms. The molecule has 0 saturated carbocycles. The van der Waals surface area contributed by atoms with Crippen LogP contribution in [0.5, 0.6) is 0 Å². The lowest BCUT2D eigenvalue weighted by molar-refractivity contribution is -0.137. The minimum atomic E-state index is -0.775. The predicted octanol–water partition coefficient (Wildman–Crippen LogP) is 3.37. The van der Waals surface area contributed by atoms with Crippen LogP contribution in [0.25, 0.3) is 0 Å². The number of aliphatic carboxylic acids is 1. The minimum absolute atomic E-state index is 0.102. The van der Waals surface area contributed by atoms with E-state index in [2.05, 4.69) is 34.4 Å². The number of allylic oxidation sites excluding steroid dienone is 2. The zero-order valence-corrected chi connectivity index (χ0v) is 15.5. The number of carboxylic acid groups (broad SMARTS) is 1. The molecule has 0 amide bonds. The molecular weight excluding hydrogens is 338 g/mol. The molecule has 0 unspecified atom stereocenters. The van der Waals surface area contributed by atoms with Gasteiger partial charge >= 0.3 is 5.97 Å². The Hall–Kier alpha value is -2.09. The zero-order chi connectivity index (χ0) is 18.0. The van der Waals surface area contributed by atoms with Crippen LogP contribution in [0, 0.1) is 5.41 Å². The number of carbonyl (C=O) groups is 1. The first-order valence-electron chi connectivity index (χ1n) is 8.36. The molecule has 7 nitrogen and oxygen atoms in total. The molecule has 1 aliphatic carbocycles. The number of hydrogen-bond acceptors (Lipinski definition) is 7. The summed E-state index contributed by atoms with van der Waals surface area (Å²) in [5, 5.41) is 16.3. The van der Waals surface area contributed by atoms with E-state index in [4.69, 9.17) is 10.1 Å². The van der Waals surface area contributed by atoms with Gasteiger partial charge in [-0.05, 0) is 24.7 Å². The van der Waals surface area contributed by atoms with E-state index in [1.165, 1.54) is 0 Å². The minimum Gasteiger partial charge on any atom is -0.481 e. The molecule has 0 spiro atoms. The Morgan fingerprint density at radius 3 is 2.96 bits per heavy atom. The lowest BCUT2D eigenvalue weighted by atomic mass is 9.78. The van der Waals surface area contributed by atoms with Crippen molar-refractivity contribution in [3.63, 3.8) is 0 Å². The first-order valence-corrected chi connectivity index (χ1v) is 9.17. The second kappa shape index (κ2) is 7.03. The Balaban J connectivity index is 1.88. The van der Waals surface area contributed by atoms with Crippen LogP contribution in [-0.4, -0.2) is 40.3 Å². The fourth-order valence-electron chi connectivity index (χ4n) is 3.12. The van der Waals surface area contributed by atoms with E-state index in [1.54, 1.807) is 18.1 Å². The number of nitrogens with zero attached hydrogens (tertiary/aromatic N) is 3. The van der Waals surface area contributed by atoms with E-state index in [-0.39, 0.29) is 11.8 Å². The van der Waals surface area contributed by atoms with Gasteiger partial charge in [0.1, 0.15) is 17.0 Å². The number of rotatable bonds is 5. The Morgan fingerprint density at radius 1 is 1.44 bits per heavy atom. The lowest BCUT2D eigenvalue weighted by Gasteiger charge is -2.36. The fourth-order valence-corrected chi connectivity index (χ4v) is 4.16. The molecule has 1 aromatic rings. The quantitative estimate of drug-likeness (QED) is 0.546. The highest BCUT2D eigenvalue weighted by atomic mass is 32.2. The number of anilines is 2. The number of carboxylic acids is 1. The molecule has 0 fully saturated rings. The molecular formula is C17H23N5O2S. The molecule has 8 heteroatoms. The first kappa shape index (κ1) is 17.7. The summed E-state index contributed by atoms with van der Waals surface area (Å²) in [6.45, 7) is 4.99. The van der Waals surface area contributed by atoms with Gasteiger partial charge in [0.05, 0.1) is 10.6 Å². The largest absolute Gasteiger partial charge is 0.481 e. The predicted molar refractivity (Wildman–Crippen MR) is 100 cm³/mol. The van der Waals surface area contributed by atoms with Crippen LogP contribution in [0.1, 0.15) is 39.5 Å². The van der Waals surface area contributed by atoms with Gasteiger partial charge in [-0.25, -0.2) is 9.97 Å².